The quantitative estimate of drug-likeness (QED) is 0.662. The Balaban J connectivity index is 2.66. The predicted octanol–water partition coefficient (Wildman–Crippen LogP) is 1.46. The van der Waals surface area contributed by atoms with Gasteiger partial charge in [-0.2, -0.15) is 0 Å². The maximum atomic E-state index is 11.6. The molecule has 1 atom stereocenters. The summed E-state index contributed by atoms with van der Waals surface area (Å²) in [6.07, 6.45) is 3.61. The number of aromatic nitrogens is 3. The normalized spacial score (nSPS) is 12.8. The minimum Gasteiger partial charge on any atom is -0.383 e. The van der Waals surface area contributed by atoms with Crippen molar-refractivity contribution in [1.29, 1.82) is 0 Å². The summed E-state index contributed by atoms with van der Waals surface area (Å²) in [5.41, 5.74) is 6.56. The van der Waals surface area contributed by atoms with Crippen LogP contribution in [0.2, 0.25) is 0 Å². The van der Waals surface area contributed by atoms with Crippen molar-refractivity contribution in [3.05, 3.63) is 18.0 Å². The van der Waals surface area contributed by atoms with Crippen LogP contribution in [0.3, 0.4) is 0 Å². The number of nitrogens with two attached hydrogens (primary N) is 1. The van der Waals surface area contributed by atoms with Gasteiger partial charge in [0.25, 0.3) is 5.91 Å². The first-order chi connectivity index (χ1) is 9.08. The molecule has 2 aromatic heterocycles. The van der Waals surface area contributed by atoms with Crippen LogP contribution in [0.15, 0.2) is 17.4 Å². The largest absolute Gasteiger partial charge is 0.383 e. The van der Waals surface area contributed by atoms with E-state index in [1.54, 1.807) is 19.4 Å². The number of carbonyl (C=O) groups is 1. The van der Waals surface area contributed by atoms with Crippen LogP contribution in [0.4, 0.5) is 0 Å². The number of methoxy groups -OCH3 is 1. The van der Waals surface area contributed by atoms with Gasteiger partial charge in [-0.3, -0.25) is 4.79 Å². The van der Waals surface area contributed by atoms with Crippen molar-refractivity contribution in [2.24, 2.45) is 5.73 Å². The Labute approximate surface area is 115 Å². The molecule has 1 unspecified atom stereocenters. The molecule has 0 radical (unpaired) electrons. The zero-order valence-electron chi connectivity index (χ0n) is 11.1. The van der Waals surface area contributed by atoms with E-state index < -0.39 is 5.91 Å². The van der Waals surface area contributed by atoms with Crippen LogP contribution in [0.1, 0.15) is 23.5 Å². The highest BCUT2D eigenvalue weighted by atomic mass is 32.2. The molecule has 6 nitrogen and oxygen atoms in total. The van der Waals surface area contributed by atoms with E-state index >= 15 is 0 Å². The maximum Gasteiger partial charge on any atom is 0.265 e. The van der Waals surface area contributed by atoms with Crippen LogP contribution in [0, 0.1) is 0 Å². The molecule has 0 spiro atoms. The lowest BCUT2D eigenvalue weighted by molar-refractivity contribution is 0.0984. The Kier molecular flexibility index (Phi) is 4.06. The van der Waals surface area contributed by atoms with E-state index in [1.807, 2.05) is 17.7 Å². The van der Waals surface area contributed by atoms with Crippen LogP contribution in [0.5, 0.6) is 0 Å². The number of fused-ring (bicyclic) bond motifs is 1. The number of primary amides is 1. The van der Waals surface area contributed by atoms with Crippen molar-refractivity contribution in [2.45, 2.75) is 18.1 Å². The molecule has 19 heavy (non-hydrogen) atoms. The molecule has 0 fully saturated rings. The highest BCUT2D eigenvalue weighted by Crippen LogP contribution is 2.24. The van der Waals surface area contributed by atoms with Gasteiger partial charge in [0.1, 0.15) is 11.3 Å². The number of carbonyl (C=O) groups excluding carboxylic acids is 1. The van der Waals surface area contributed by atoms with Gasteiger partial charge >= 0.3 is 0 Å². The second-order valence-electron chi connectivity index (χ2n) is 4.20. The minimum atomic E-state index is -0.480. The summed E-state index contributed by atoms with van der Waals surface area (Å²) in [6.45, 7) is 2.43. The minimum absolute atomic E-state index is 0.0328. The standard InChI is InChI=1S/C12H16N4O2S/c1-7(6-18-2)16-9(10(13)17)4-8-5-14-12(19-3)15-11(8)16/h4-5,7H,6H2,1-3H3,(H2,13,17). The highest BCUT2D eigenvalue weighted by molar-refractivity contribution is 7.98. The fourth-order valence-corrected chi connectivity index (χ4v) is 2.38. The monoisotopic (exact) mass is 280 g/mol. The third-order valence-electron chi connectivity index (χ3n) is 2.84. The summed E-state index contributed by atoms with van der Waals surface area (Å²) in [4.78, 5) is 20.2. The summed E-state index contributed by atoms with van der Waals surface area (Å²) < 4.78 is 6.95. The molecule has 2 heterocycles. The van der Waals surface area contributed by atoms with E-state index in [0.29, 0.717) is 23.1 Å². The van der Waals surface area contributed by atoms with Gasteiger partial charge in [-0.1, -0.05) is 11.8 Å². The molecule has 0 aliphatic rings. The molecule has 102 valence electrons. The van der Waals surface area contributed by atoms with Gasteiger partial charge < -0.3 is 15.0 Å². The van der Waals surface area contributed by atoms with Gasteiger partial charge in [0.2, 0.25) is 0 Å². The number of hydrogen-bond acceptors (Lipinski definition) is 5. The van der Waals surface area contributed by atoms with E-state index in [4.69, 9.17) is 10.5 Å². The molecular formula is C12H16N4O2S. The predicted molar refractivity (Wildman–Crippen MR) is 74.4 cm³/mol. The van der Waals surface area contributed by atoms with Gasteiger partial charge in [-0.15, -0.1) is 0 Å². The average Bonchev–Trinajstić information content (AvgIpc) is 2.77. The molecule has 0 aliphatic heterocycles. The van der Waals surface area contributed by atoms with E-state index in [-0.39, 0.29) is 6.04 Å². The van der Waals surface area contributed by atoms with Crippen LogP contribution >= 0.6 is 11.8 Å². The smallest absolute Gasteiger partial charge is 0.265 e. The summed E-state index contributed by atoms with van der Waals surface area (Å²) in [6, 6.07) is 1.68. The molecule has 1 amide bonds. The molecule has 0 saturated heterocycles. The molecular weight excluding hydrogens is 264 g/mol. The summed E-state index contributed by atoms with van der Waals surface area (Å²) in [5, 5.41) is 1.46. The molecule has 0 aliphatic carbocycles. The number of ether oxygens (including phenoxy) is 1. The van der Waals surface area contributed by atoms with Crippen molar-refractivity contribution >= 4 is 28.7 Å². The van der Waals surface area contributed by atoms with Crippen molar-refractivity contribution < 1.29 is 9.53 Å². The molecule has 0 aromatic carbocycles. The number of hydrogen-bond donors (Lipinski definition) is 1. The lowest BCUT2D eigenvalue weighted by Crippen LogP contribution is -2.21. The molecule has 2 N–H and O–H groups in total. The first kappa shape index (κ1) is 13.8. The Hall–Kier alpha value is -1.60. The topological polar surface area (TPSA) is 83.0 Å². The lowest BCUT2D eigenvalue weighted by Gasteiger charge is -2.16. The Bertz CT molecular complexity index is 611. The lowest BCUT2D eigenvalue weighted by atomic mass is 10.3. The second-order valence-corrected chi connectivity index (χ2v) is 4.98. The van der Waals surface area contributed by atoms with Crippen LogP contribution in [0.25, 0.3) is 11.0 Å². The van der Waals surface area contributed by atoms with Crippen molar-refractivity contribution in [2.75, 3.05) is 20.0 Å². The zero-order chi connectivity index (χ0) is 14.0. The molecule has 0 saturated carbocycles. The van der Waals surface area contributed by atoms with Crippen molar-refractivity contribution in [3.8, 4) is 0 Å². The average molecular weight is 280 g/mol. The second kappa shape index (κ2) is 5.58. The molecule has 7 heteroatoms. The molecule has 2 aromatic rings. The maximum absolute atomic E-state index is 11.6. The summed E-state index contributed by atoms with van der Waals surface area (Å²) in [7, 11) is 1.62. The fraction of sp³-hybridized carbons (Fsp3) is 0.417. The van der Waals surface area contributed by atoms with Crippen molar-refractivity contribution in [1.82, 2.24) is 14.5 Å². The number of thioether (sulfide) groups is 1. The third-order valence-corrected chi connectivity index (χ3v) is 3.40. The van der Waals surface area contributed by atoms with Gasteiger partial charge in [0.15, 0.2) is 5.16 Å². The van der Waals surface area contributed by atoms with Gasteiger partial charge in [-0.25, -0.2) is 9.97 Å². The number of amides is 1. The van der Waals surface area contributed by atoms with E-state index in [9.17, 15) is 4.79 Å². The van der Waals surface area contributed by atoms with Gasteiger partial charge in [0.05, 0.1) is 12.6 Å². The van der Waals surface area contributed by atoms with Gasteiger partial charge in [-0.05, 0) is 19.2 Å². The van der Waals surface area contributed by atoms with Crippen LogP contribution in [-0.2, 0) is 4.74 Å². The SMILES string of the molecule is COCC(C)n1c(C(N)=O)cc2cnc(SC)nc21. The Morgan fingerprint density at radius 3 is 2.95 bits per heavy atom. The molecule has 2 rings (SSSR count). The molecule has 0 bridgehead atoms. The Morgan fingerprint density at radius 1 is 1.63 bits per heavy atom. The first-order valence-electron chi connectivity index (χ1n) is 5.79. The van der Waals surface area contributed by atoms with Crippen LogP contribution in [-0.4, -0.2) is 40.4 Å². The van der Waals surface area contributed by atoms with E-state index in [1.165, 1.54) is 11.8 Å². The van der Waals surface area contributed by atoms with Crippen molar-refractivity contribution in [3.63, 3.8) is 0 Å². The summed E-state index contributed by atoms with van der Waals surface area (Å²) >= 11 is 1.45. The summed E-state index contributed by atoms with van der Waals surface area (Å²) in [5.74, 6) is -0.480. The highest BCUT2D eigenvalue weighted by Gasteiger charge is 2.19. The third kappa shape index (κ3) is 2.57. The first-order valence-corrected chi connectivity index (χ1v) is 7.01. The fourth-order valence-electron chi connectivity index (χ4n) is 2.04. The Morgan fingerprint density at radius 2 is 2.37 bits per heavy atom. The van der Waals surface area contributed by atoms with Crippen LogP contribution < -0.4 is 5.73 Å². The van der Waals surface area contributed by atoms with E-state index in [0.717, 1.165) is 5.39 Å². The van der Waals surface area contributed by atoms with E-state index in [2.05, 4.69) is 9.97 Å². The number of rotatable bonds is 5. The van der Waals surface area contributed by atoms with Gasteiger partial charge in [0, 0.05) is 18.7 Å². The number of nitrogens with zero attached hydrogens (tertiary/aromatic N) is 3. The zero-order valence-corrected chi connectivity index (χ0v) is 11.9.